The number of carbonyl (C=O) groups excluding carboxylic acids is 1. The van der Waals surface area contributed by atoms with Crippen molar-refractivity contribution in [3.05, 3.63) is 29.8 Å². The van der Waals surface area contributed by atoms with Crippen molar-refractivity contribution in [2.24, 2.45) is 5.92 Å². The summed E-state index contributed by atoms with van der Waals surface area (Å²) in [5, 5.41) is 2.98. The Balaban J connectivity index is 2.66. The first-order valence-corrected chi connectivity index (χ1v) is 6.72. The van der Waals surface area contributed by atoms with E-state index in [0.717, 1.165) is 19.4 Å². The Hall–Kier alpha value is -1.51. The molecule has 0 radical (unpaired) electrons. The molecule has 3 heteroatoms. The Bertz CT molecular complexity index is 373. The highest BCUT2D eigenvalue weighted by molar-refractivity contribution is 5.96. The molecule has 0 atom stereocenters. The van der Waals surface area contributed by atoms with Gasteiger partial charge in [0.2, 0.25) is 0 Å². The summed E-state index contributed by atoms with van der Waals surface area (Å²) >= 11 is 0. The number of ether oxygens (including phenoxy) is 1. The summed E-state index contributed by atoms with van der Waals surface area (Å²) in [6.07, 6.45) is 2.17. The molecule has 18 heavy (non-hydrogen) atoms. The molecule has 0 unspecified atom stereocenters. The molecule has 1 aromatic carbocycles. The topological polar surface area (TPSA) is 38.3 Å². The van der Waals surface area contributed by atoms with Crippen molar-refractivity contribution >= 4 is 5.91 Å². The smallest absolute Gasteiger partial charge is 0.255 e. The molecular formula is C15H23NO2. The van der Waals surface area contributed by atoms with Crippen molar-refractivity contribution in [2.45, 2.75) is 33.6 Å². The van der Waals surface area contributed by atoms with Gasteiger partial charge in [0.15, 0.2) is 0 Å². The third-order valence-corrected chi connectivity index (χ3v) is 3.14. The SMILES string of the molecule is CCOc1ccccc1C(=O)NCC(CC)CC. The zero-order valence-corrected chi connectivity index (χ0v) is 11.5. The van der Waals surface area contributed by atoms with E-state index in [1.165, 1.54) is 0 Å². The molecule has 0 aliphatic heterocycles. The molecule has 1 N–H and O–H groups in total. The lowest BCUT2D eigenvalue weighted by atomic mass is 10.0. The van der Waals surface area contributed by atoms with Crippen LogP contribution in [0.1, 0.15) is 44.0 Å². The number of carbonyl (C=O) groups is 1. The zero-order chi connectivity index (χ0) is 13.4. The van der Waals surface area contributed by atoms with Gasteiger partial charge >= 0.3 is 0 Å². The fourth-order valence-electron chi connectivity index (χ4n) is 1.85. The van der Waals surface area contributed by atoms with Crippen LogP contribution in [0.4, 0.5) is 0 Å². The number of nitrogens with one attached hydrogen (secondary N) is 1. The lowest BCUT2D eigenvalue weighted by Gasteiger charge is -2.14. The van der Waals surface area contributed by atoms with Crippen LogP contribution in [0, 0.1) is 5.92 Å². The minimum Gasteiger partial charge on any atom is -0.493 e. The van der Waals surface area contributed by atoms with Crippen LogP contribution in [0.2, 0.25) is 0 Å². The predicted molar refractivity (Wildman–Crippen MR) is 74.0 cm³/mol. The maximum Gasteiger partial charge on any atom is 0.255 e. The third kappa shape index (κ3) is 4.06. The average molecular weight is 249 g/mol. The standard InChI is InChI=1S/C15H23NO2/c1-4-12(5-2)11-16-15(17)13-9-7-8-10-14(13)18-6-3/h7-10,12H,4-6,11H2,1-3H3,(H,16,17). The minimum atomic E-state index is -0.0500. The summed E-state index contributed by atoms with van der Waals surface area (Å²) in [4.78, 5) is 12.1. The van der Waals surface area contributed by atoms with E-state index in [1.807, 2.05) is 25.1 Å². The monoisotopic (exact) mass is 249 g/mol. The third-order valence-electron chi connectivity index (χ3n) is 3.14. The van der Waals surface area contributed by atoms with E-state index in [-0.39, 0.29) is 5.91 Å². The number of hydrogen-bond donors (Lipinski definition) is 1. The van der Waals surface area contributed by atoms with Gasteiger partial charge in [0.1, 0.15) is 5.75 Å². The lowest BCUT2D eigenvalue weighted by molar-refractivity contribution is 0.0942. The van der Waals surface area contributed by atoms with Crippen LogP contribution in [0.3, 0.4) is 0 Å². The summed E-state index contributed by atoms with van der Waals surface area (Å²) in [5.74, 6) is 1.15. The summed E-state index contributed by atoms with van der Waals surface area (Å²) in [5.41, 5.74) is 0.616. The van der Waals surface area contributed by atoms with Crippen molar-refractivity contribution in [3.8, 4) is 5.75 Å². The van der Waals surface area contributed by atoms with E-state index in [9.17, 15) is 4.79 Å². The normalized spacial score (nSPS) is 10.4. The number of para-hydroxylation sites is 1. The van der Waals surface area contributed by atoms with Crippen LogP contribution in [0.5, 0.6) is 5.75 Å². The summed E-state index contributed by atoms with van der Waals surface area (Å²) < 4.78 is 5.46. The van der Waals surface area contributed by atoms with E-state index in [0.29, 0.717) is 23.8 Å². The highest BCUT2D eigenvalue weighted by Gasteiger charge is 2.12. The fraction of sp³-hybridized carbons (Fsp3) is 0.533. The Labute approximate surface area is 110 Å². The van der Waals surface area contributed by atoms with E-state index < -0.39 is 0 Å². The molecule has 0 aliphatic carbocycles. The van der Waals surface area contributed by atoms with Crippen LogP contribution in [0.15, 0.2) is 24.3 Å². The summed E-state index contributed by atoms with van der Waals surface area (Å²) in [7, 11) is 0. The average Bonchev–Trinajstić information content (AvgIpc) is 2.40. The van der Waals surface area contributed by atoms with Crippen molar-refractivity contribution in [2.75, 3.05) is 13.2 Å². The molecule has 0 saturated heterocycles. The lowest BCUT2D eigenvalue weighted by Crippen LogP contribution is -2.29. The maximum atomic E-state index is 12.1. The van der Waals surface area contributed by atoms with Crippen molar-refractivity contribution in [1.29, 1.82) is 0 Å². The molecule has 1 aromatic rings. The van der Waals surface area contributed by atoms with E-state index in [4.69, 9.17) is 4.74 Å². The van der Waals surface area contributed by atoms with Gasteiger partial charge < -0.3 is 10.1 Å². The molecule has 1 amide bonds. The van der Waals surface area contributed by atoms with Gasteiger partial charge in [0.05, 0.1) is 12.2 Å². The largest absolute Gasteiger partial charge is 0.493 e. The Kier molecular flexibility index (Phi) is 6.26. The highest BCUT2D eigenvalue weighted by Crippen LogP contribution is 2.18. The van der Waals surface area contributed by atoms with Crippen LogP contribution < -0.4 is 10.1 Å². The Morgan fingerprint density at radius 1 is 1.22 bits per heavy atom. The fourth-order valence-corrected chi connectivity index (χ4v) is 1.85. The Morgan fingerprint density at radius 2 is 1.89 bits per heavy atom. The molecule has 0 heterocycles. The number of amides is 1. The first kappa shape index (κ1) is 14.6. The second-order valence-electron chi connectivity index (χ2n) is 4.32. The molecule has 0 spiro atoms. The quantitative estimate of drug-likeness (QED) is 0.805. The first-order valence-electron chi connectivity index (χ1n) is 6.72. The molecular weight excluding hydrogens is 226 g/mol. The van der Waals surface area contributed by atoms with Gasteiger partial charge in [-0.05, 0) is 25.0 Å². The van der Waals surface area contributed by atoms with Crippen LogP contribution >= 0.6 is 0 Å². The van der Waals surface area contributed by atoms with E-state index >= 15 is 0 Å². The van der Waals surface area contributed by atoms with Crippen LogP contribution in [-0.2, 0) is 0 Å². The van der Waals surface area contributed by atoms with Gasteiger partial charge in [-0.25, -0.2) is 0 Å². The van der Waals surface area contributed by atoms with Crippen molar-refractivity contribution < 1.29 is 9.53 Å². The molecule has 0 saturated carbocycles. The summed E-state index contributed by atoms with van der Waals surface area (Å²) in [6, 6.07) is 7.36. The van der Waals surface area contributed by atoms with Gasteiger partial charge in [0, 0.05) is 6.54 Å². The first-order chi connectivity index (χ1) is 8.72. The van der Waals surface area contributed by atoms with Crippen LogP contribution in [0.25, 0.3) is 0 Å². The van der Waals surface area contributed by atoms with E-state index in [1.54, 1.807) is 6.07 Å². The second-order valence-corrected chi connectivity index (χ2v) is 4.32. The van der Waals surface area contributed by atoms with Gasteiger partial charge in [-0.15, -0.1) is 0 Å². The number of hydrogen-bond acceptors (Lipinski definition) is 2. The zero-order valence-electron chi connectivity index (χ0n) is 11.5. The van der Waals surface area contributed by atoms with Crippen LogP contribution in [-0.4, -0.2) is 19.1 Å². The Morgan fingerprint density at radius 3 is 2.50 bits per heavy atom. The molecule has 1 rings (SSSR count). The molecule has 0 aliphatic rings. The van der Waals surface area contributed by atoms with E-state index in [2.05, 4.69) is 19.2 Å². The van der Waals surface area contributed by atoms with Crippen molar-refractivity contribution in [1.82, 2.24) is 5.32 Å². The molecule has 0 fully saturated rings. The van der Waals surface area contributed by atoms with Crippen molar-refractivity contribution in [3.63, 3.8) is 0 Å². The minimum absolute atomic E-state index is 0.0500. The van der Waals surface area contributed by atoms with Gasteiger partial charge in [0.25, 0.3) is 5.91 Å². The second kappa shape index (κ2) is 7.75. The highest BCUT2D eigenvalue weighted by atomic mass is 16.5. The van der Waals surface area contributed by atoms with Gasteiger partial charge in [-0.1, -0.05) is 38.8 Å². The molecule has 3 nitrogen and oxygen atoms in total. The molecule has 0 bridgehead atoms. The molecule has 0 aromatic heterocycles. The molecule has 100 valence electrons. The summed E-state index contributed by atoms with van der Waals surface area (Å²) in [6.45, 7) is 7.50. The number of rotatable bonds is 7. The maximum absolute atomic E-state index is 12.1. The van der Waals surface area contributed by atoms with Gasteiger partial charge in [-0.2, -0.15) is 0 Å². The van der Waals surface area contributed by atoms with Gasteiger partial charge in [-0.3, -0.25) is 4.79 Å². The predicted octanol–water partition coefficient (Wildman–Crippen LogP) is 3.25. The number of benzene rings is 1.